The van der Waals surface area contributed by atoms with E-state index in [9.17, 15) is 0 Å². The second-order valence-electron chi connectivity index (χ2n) is 5.96. The quantitative estimate of drug-likeness (QED) is 0.411. The summed E-state index contributed by atoms with van der Waals surface area (Å²) in [4.78, 5) is 0. The van der Waals surface area contributed by atoms with E-state index >= 15 is 0 Å². The molecule has 1 aliphatic rings. The van der Waals surface area contributed by atoms with E-state index in [-0.39, 0.29) is 0 Å². The first kappa shape index (κ1) is 22.2. The van der Waals surface area contributed by atoms with Crippen molar-refractivity contribution in [2.75, 3.05) is 0 Å². The predicted molar refractivity (Wildman–Crippen MR) is 124 cm³/mol. The van der Waals surface area contributed by atoms with Gasteiger partial charge in [0.05, 0.1) is 0 Å². The topological polar surface area (TPSA) is 0 Å². The zero-order valence-electron chi connectivity index (χ0n) is 16.2. The molecule has 1 rings (SSSR count). The molecule has 0 nitrogen and oxygen atoms in total. The minimum atomic E-state index is 1.16. The Morgan fingerprint density at radius 1 is 0.222 bits per heavy atom. The lowest BCUT2D eigenvalue weighted by molar-refractivity contribution is 0.696. The molecule has 0 N–H and O–H groups in total. The van der Waals surface area contributed by atoms with Gasteiger partial charge in [-0.05, 0) is 25.7 Å². The Balaban J connectivity index is 2.52. The van der Waals surface area contributed by atoms with Gasteiger partial charge in [-0.25, -0.2) is 0 Å². The maximum Gasteiger partial charge on any atom is -0.0348 e. The van der Waals surface area contributed by atoms with Gasteiger partial charge in [0, 0.05) is 0 Å². The lowest BCUT2D eigenvalue weighted by Crippen LogP contribution is -1.74. The minimum absolute atomic E-state index is 1.16. The molecule has 0 aromatic carbocycles. The summed E-state index contributed by atoms with van der Waals surface area (Å²) in [5.74, 6) is 0. The lowest BCUT2D eigenvalue weighted by Gasteiger charge is -1.94. The molecule has 0 spiro atoms. The molecule has 0 aromatic heterocycles. The van der Waals surface area contributed by atoms with Crippen molar-refractivity contribution in [2.45, 2.75) is 32.1 Å². The van der Waals surface area contributed by atoms with E-state index in [0.29, 0.717) is 0 Å². The van der Waals surface area contributed by atoms with Crippen molar-refractivity contribution in [1.29, 1.82) is 0 Å². The zero-order valence-corrected chi connectivity index (χ0v) is 16.2. The van der Waals surface area contributed by atoms with E-state index < -0.39 is 0 Å². The van der Waals surface area contributed by atoms with Crippen LogP contribution in [0.3, 0.4) is 0 Å². The van der Waals surface area contributed by atoms with Crippen LogP contribution >= 0.6 is 0 Å². The fourth-order valence-electron chi connectivity index (χ4n) is 2.21. The fourth-order valence-corrected chi connectivity index (χ4v) is 2.21. The van der Waals surface area contributed by atoms with E-state index in [1.807, 2.05) is 85.1 Å². The molecule has 0 amide bonds. The Morgan fingerprint density at radius 3 is 0.704 bits per heavy atom. The van der Waals surface area contributed by atoms with Crippen LogP contribution in [0.2, 0.25) is 0 Å². The molecule has 0 saturated carbocycles. The van der Waals surface area contributed by atoms with E-state index in [1.54, 1.807) is 0 Å². The summed E-state index contributed by atoms with van der Waals surface area (Å²) in [6.07, 6.45) is 51.5. The summed E-state index contributed by atoms with van der Waals surface area (Å²) < 4.78 is 0. The van der Waals surface area contributed by atoms with Crippen LogP contribution in [0.25, 0.3) is 0 Å². The number of allylic oxidation sites excluding steroid dienone is 22. The van der Waals surface area contributed by atoms with Crippen molar-refractivity contribution in [3.05, 3.63) is 134 Å². The Bertz CT molecular complexity index is 607. The molecular formula is C27H32. The van der Waals surface area contributed by atoms with Crippen molar-refractivity contribution in [2.24, 2.45) is 0 Å². The molecule has 0 saturated heterocycles. The van der Waals surface area contributed by atoms with E-state index in [0.717, 1.165) is 12.8 Å². The van der Waals surface area contributed by atoms with Crippen LogP contribution in [0.1, 0.15) is 32.1 Å². The molecule has 0 bridgehead atoms. The maximum atomic E-state index is 2.25. The molecule has 0 heteroatoms. The van der Waals surface area contributed by atoms with Gasteiger partial charge in [0.1, 0.15) is 0 Å². The largest absolute Gasteiger partial charge is 0.0845 e. The highest BCUT2D eigenvalue weighted by Gasteiger charge is 1.84. The highest BCUT2D eigenvalue weighted by molar-refractivity contribution is 5.22. The van der Waals surface area contributed by atoms with Crippen molar-refractivity contribution >= 4 is 0 Å². The van der Waals surface area contributed by atoms with Gasteiger partial charge in [0.25, 0.3) is 0 Å². The second kappa shape index (κ2) is 19.5. The van der Waals surface area contributed by atoms with E-state index in [4.69, 9.17) is 0 Å². The summed E-state index contributed by atoms with van der Waals surface area (Å²) >= 11 is 0. The van der Waals surface area contributed by atoms with Crippen LogP contribution in [0.15, 0.2) is 134 Å². The highest BCUT2D eigenvalue weighted by Crippen LogP contribution is 2.04. The van der Waals surface area contributed by atoms with Gasteiger partial charge in [-0.1, -0.05) is 140 Å². The fraction of sp³-hybridized carbons (Fsp3) is 0.185. The highest BCUT2D eigenvalue weighted by atomic mass is 13.9. The Hall–Kier alpha value is -2.86. The zero-order chi connectivity index (χ0) is 19.1. The smallest absolute Gasteiger partial charge is 0.0348 e. The third kappa shape index (κ3) is 17.7. The van der Waals surface area contributed by atoms with Crippen LogP contribution in [0, 0.1) is 0 Å². The van der Waals surface area contributed by atoms with Crippen molar-refractivity contribution < 1.29 is 0 Å². The van der Waals surface area contributed by atoms with Crippen molar-refractivity contribution in [3.63, 3.8) is 0 Å². The first-order valence-corrected chi connectivity index (χ1v) is 9.82. The molecule has 0 fully saturated rings. The van der Waals surface area contributed by atoms with Crippen LogP contribution in [0.5, 0.6) is 0 Å². The normalized spacial score (nSPS) is 29.3. The van der Waals surface area contributed by atoms with Gasteiger partial charge in [-0.15, -0.1) is 0 Å². The summed E-state index contributed by atoms with van der Waals surface area (Å²) in [5.41, 5.74) is 0. The summed E-state index contributed by atoms with van der Waals surface area (Å²) in [6.45, 7) is 0. The van der Waals surface area contributed by atoms with E-state index in [1.165, 1.54) is 19.3 Å². The number of hydrogen-bond acceptors (Lipinski definition) is 0. The molecular weight excluding hydrogens is 324 g/mol. The molecule has 0 radical (unpaired) electrons. The summed E-state index contributed by atoms with van der Waals surface area (Å²) in [6, 6.07) is 0. The molecule has 0 aliphatic heterocycles. The molecule has 0 heterocycles. The molecule has 140 valence electrons. The van der Waals surface area contributed by atoms with Gasteiger partial charge >= 0.3 is 0 Å². The molecule has 1 aliphatic carbocycles. The van der Waals surface area contributed by atoms with Crippen LogP contribution in [0.4, 0.5) is 0 Å². The first-order chi connectivity index (χ1) is 13.5. The van der Waals surface area contributed by atoms with Crippen LogP contribution < -0.4 is 0 Å². The maximum absolute atomic E-state index is 2.25. The number of rotatable bonds is 0. The number of hydrogen-bond donors (Lipinski definition) is 0. The van der Waals surface area contributed by atoms with Crippen LogP contribution in [-0.4, -0.2) is 0 Å². The van der Waals surface area contributed by atoms with Gasteiger partial charge < -0.3 is 0 Å². The SMILES string of the molecule is C1=CCCCCC\C=C/C=C\C=C/C=C\C=C/C=C\C=C/C=C\C=C/C=C\1. The van der Waals surface area contributed by atoms with Crippen LogP contribution in [-0.2, 0) is 0 Å². The average Bonchev–Trinajstić information content (AvgIpc) is 2.68. The third-order valence-corrected chi connectivity index (χ3v) is 3.62. The molecule has 0 aromatic rings. The minimum Gasteiger partial charge on any atom is -0.0845 e. The standard InChI is InChI=1S/C27H32/c1-2-4-6-8-10-12-14-16-18-20-22-24-26-27-25-23-21-19-17-15-13-11-9-7-5-3-1/h1-22H,23-27H2/b2-1-,5-3-,6-4-,9-7-,10-8-,13-11-,14-12-,17-15-,18-16-,21-19-,22-20?. The lowest BCUT2D eigenvalue weighted by atomic mass is 10.1. The first-order valence-electron chi connectivity index (χ1n) is 9.82. The van der Waals surface area contributed by atoms with Gasteiger partial charge in [0.2, 0.25) is 0 Å². The monoisotopic (exact) mass is 356 g/mol. The summed E-state index contributed by atoms with van der Waals surface area (Å²) in [5, 5.41) is 0. The van der Waals surface area contributed by atoms with Gasteiger partial charge in [-0.2, -0.15) is 0 Å². The summed E-state index contributed by atoms with van der Waals surface area (Å²) in [7, 11) is 0. The predicted octanol–water partition coefficient (Wildman–Crippen LogP) is 8.07. The Labute approximate surface area is 166 Å². The molecule has 0 atom stereocenters. The third-order valence-electron chi connectivity index (χ3n) is 3.62. The molecule has 27 heavy (non-hydrogen) atoms. The van der Waals surface area contributed by atoms with Gasteiger partial charge in [-0.3, -0.25) is 0 Å². The Kier molecular flexibility index (Phi) is 16.0. The average molecular weight is 357 g/mol. The Morgan fingerprint density at radius 2 is 0.444 bits per heavy atom. The van der Waals surface area contributed by atoms with E-state index in [2.05, 4.69) is 48.6 Å². The second-order valence-corrected chi connectivity index (χ2v) is 5.96. The van der Waals surface area contributed by atoms with Crippen molar-refractivity contribution in [3.8, 4) is 0 Å². The van der Waals surface area contributed by atoms with Gasteiger partial charge in [0.15, 0.2) is 0 Å². The molecule has 0 unspecified atom stereocenters. The van der Waals surface area contributed by atoms with Crippen molar-refractivity contribution in [1.82, 2.24) is 0 Å².